The number of halogens is 1. The zero-order valence-corrected chi connectivity index (χ0v) is 18.7. The first kappa shape index (κ1) is 20.5. The van der Waals surface area contributed by atoms with Crippen LogP contribution in [0.1, 0.15) is 21.5 Å². The highest BCUT2D eigenvalue weighted by Gasteiger charge is 2.30. The monoisotopic (exact) mass is 463 g/mol. The quantitative estimate of drug-likeness (QED) is 0.593. The molecule has 9 heteroatoms. The number of benzene rings is 2. The highest BCUT2D eigenvalue weighted by molar-refractivity contribution is 7.84. The summed E-state index contributed by atoms with van der Waals surface area (Å²) in [7, 11) is -1.26. The third-order valence-electron chi connectivity index (χ3n) is 5.25. The van der Waals surface area contributed by atoms with Gasteiger partial charge in [-0.05, 0) is 35.9 Å². The third-order valence-corrected chi connectivity index (χ3v) is 6.29. The van der Waals surface area contributed by atoms with Gasteiger partial charge in [-0.15, -0.1) is 0 Å². The minimum absolute atomic E-state index is 0.235. The first-order chi connectivity index (χ1) is 15.5. The molecule has 1 amide bonds. The van der Waals surface area contributed by atoms with E-state index in [9.17, 15) is 9.00 Å². The Labute approximate surface area is 192 Å². The zero-order chi connectivity index (χ0) is 22.2. The molecule has 0 spiro atoms. The van der Waals surface area contributed by atoms with Crippen LogP contribution in [0.2, 0.25) is 5.02 Å². The van der Waals surface area contributed by atoms with Crippen molar-refractivity contribution < 1.29 is 9.00 Å². The summed E-state index contributed by atoms with van der Waals surface area (Å²) in [6.45, 7) is 1.35. The maximum Gasteiger partial charge on any atom is 0.255 e. The SMILES string of the molecule is CS(=O)c1ncc2c(n1)N1CCN=C1C(c1ccc(C(=O)Nc3ccccc3Cl)cc1)=C2. The van der Waals surface area contributed by atoms with Crippen molar-refractivity contribution in [3.8, 4) is 0 Å². The number of amidine groups is 1. The third kappa shape index (κ3) is 3.72. The Morgan fingerprint density at radius 2 is 1.94 bits per heavy atom. The number of hydrogen-bond acceptors (Lipinski definition) is 6. The molecule has 0 aliphatic carbocycles. The number of carbonyl (C=O) groups is 1. The number of nitrogens with zero attached hydrogens (tertiary/aromatic N) is 4. The van der Waals surface area contributed by atoms with Crippen molar-refractivity contribution in [3.63, 3.8) is 0 Å². The molecule has 0 saturated carbocycles. The van der Waals surface area contributed by atoms with Gasteiger partial charge in [-0.1, -0.05) is 35.9 Å². The molecule has 2 aliphatic rings. The number of rotatable bonds is 4. The molecule has 3 heterocycles. The van der Waals surface area contributed by atoms with Gasteiger partial charge in [0, 0.05) is 35.7 Å². The number of carbonyl (C=O) groups excluding carboxylic acids is 1. The molecule has 1 unspecified atom stereocenters. The van der Waals surface area contributed by atoms with Gasteiger partial charge in [0.1, 0.15) is 11.7 Å². The molecule has 7 nitrogen and oxygen atoms in total. The Morgan fingerprint density at radius 1 is 1.16 bits per heavy atom. The lowest BCUT2D eigenvalue weighted by molar-refractivity contribution is 0.102. The van der Waals surface area contributed by atoms with Crippen LogP contribution in [-0.4, -0.2) is 45.3 Å². The highest BCUT2D eigenvalue weighted by atomic mass is 35.5. The molecular formula is C23H18ClN5O2S. The zero-order valence-electron chi connectivity index (χ0n) is 17.1. The van der Waals surface area contributed by atoms with Crippen LogP contribution in [-0.2, 0) is 10.8 Å². The summed E-state index contributed by atoms with van der Waals surface area (Å²) < 4.78 is 11.8. The van der Waals surface area contributed by atoms with Crippen molar-refractivity contribution in [2.24, 2.45) is 4.99 Å². The van der Waals surface area contributed by atoms with Crippen LogP contribution in [0, 0.1) is 0 Å². The van der Waals surface area contributed by atoms with Crippen molar-refractivity contribution in [1.29, 1.82) is 0 Å². The van der Waals surface area contributed by atoms with E-state index in [1.807, 2.05) is 35.2 Å². The van der Waals surface area contributed by atoms with Crippen molar-refractivity contribution in [1.82, 2.24) is 9.97 Å². The Hall–Kier alpha value is -3.36. The van der Waals surface area contributed by atoms with E-state index >= 15 is 0 Å². The second kappa shape index (κ2) is 8.29. The fourth-order valence-electron chi connectivity index (χ4n) is 3.70. The van der Waals surface area contributed by atoms with E-state index < -0.39 is 10.8 Å². The molecule has 2 aromatic carbocycles. The van der Waals surface area contributed by atoms with Gasteiger partial charge in [0.15, 0.2) is 0 Å². The average molecular weight is 464 g/mol. The van der Waals surface area contributed by atoms with Crippen molar-refractivity contribution in [3.05, 3.63) is 76.4 Å². The lowest BCUT2D eigenvalue weighted by Gasteiger charge is -2.27. The standard InChI is InChI=1S/C23H18ClN5O2S/c1-32(31)23-26-13-16-12-17(21-25-10-11-29(21)20(16)28-23)14-6-8-15(9-7-14)22(30)27-19-5-3-2-4-18(19)24/h2-9,12-13H,10-11H2,1H3,(H,27,30). The molecule has 1 N–H and O–H groups in total. The molecule has 160 valence electrons. The van der Waals surface area contributed by atoms with E-state index in [4.69, 9.17) is 11.6 Å². The summed E-state index contributed by atoms with van der Waals surface area (Å²) >= 11 is 6.14. The topological polar surface area (TPSA) is 87.6 Å². The van der Waals surface area contributed by atoms with Gasteiger partial charge in [-0.25, -0.2) is 9.97 Å². The minimum Gasteiger partial charge on any atom is -0.321 e. The van der Waals surface area contributed by atoms with E-state index in [2.05, 4.69) is 20.3 Å². The van der Waals surface area contributed by atoms with Gasteiger partial charge in [-0.3, -0.25) is 14.0 Å². The molecule has 3 aromatic rings. The number of amides is 1. The number of aliphatic imine (C=N–C) groups is 1. The second-order valence-corrected chi connectivity index (χ2v) is 8.99. The Morgan fingerprint density at radius 3 is 2.69 bits per heavy atom. The highest BCUT2D eigenvalue weighted by Crippen LogP contribution is 2.35. The summed E-state index contributed by atoms with van der Waals surface area (Å²) in [5.74, 6) is 1.30. The molecule has 1 atom stereocenters. The molecule has 32 heavy (non-hydrogen) atoms. The van der Waals surface area contributed by atoms with Crippen molar-refractivity contribution >= 4 is 57.3 Å². The number of nitrogens with one attached hydrogen (secondary N) is 1. The predicted octanol–water partition coefficient (Wildman–Crippen LogP) is 3.89. The molecular weight excluding hydrogens is 446 g/mol. The maximum absolute atomic E-state index is 12.6. The van der Waals surface area contributed by atoms with E-state index in [0.717, 1.165) is 28.4 Å². The summed E-state index contributed by atoms with van der Waals surface area (Å²) in [4.78, 5) is 28.0. The van der Waals surface area contributed by atoms with Gasteiger partial charge in [0.2, 0.25) is 5.16 Å². The molecule has 0 fully saturated rings. The maximum atomic E-state index is 12.6. The van der Waals surface area contributed by atoms with Gasteiger partial charge in [0.05, 0.1) is 28.1 Å². The predicted molar refractivity (Wildman–Crippen MR) is 128 cm³/mol. The molecule has 1 aromatic heterocycles. The normalized spacial score (nSPS) is 15.4. The summed E-state index contributed by atoms with van der Waals surface area (Å²) in [5.41, 5.74) is 3.80. The molecule has 2 aliphatic heterocycles. The smallest absolute Gasteiger partial charge is 0.255 e. The van der Waals surface area contributed by atoms with E-state index in [0.29, 0.717) is 34.5 Å². The first-order valence-electron chi connectivity index (χ1n) is 9.92. The van der Waals surface area contributed by atoms with Gasteiger partial charge in [-0.2, -0.15) is 0 Å². The number of anilines is 2. The van der Waals surface area contributed by atoms with Crippen LogP contribution in [0.15, 0.2) is 64.9 Å². The van der Waals surface area contributed by atoms with E-state index in [-0.39, 0.29) is 5.91 Å². The van der Waals surface area contributed by atoms with Crippen molar-refractivity contribution in [2.75, 3.05) is 29.6 Å². The van der Waals surface area contributed by atoms with Crippen LogP contribution in [0.4, 0.5) is 11.5 Å². The van der Waals surface area contributed by atoms with E-state index in [1.165, 1.54) is 0 Å². The molecule has 0 radical (unpaired) electrons. The van der Waals surface area contributed by atoms with E-state index in [1.54, 1.807) is 36.7 Å². The summed E-state index contributed by atoms with van der Waals surface area (Å²) in [6, 6.07) is 14.5. The second-order valence-electron chi connectivity index (χ2n) is 7.31. The first-order valence-corrected chi connectivity index (χ1v) is 11.9. The average Bonchev–Trinajstić information content (AvgIpc) is 3.30. The number of aromatic nitrogens is 2. The molecule has 5 rings (SSSR count). The largest absolute Gasteiger partial charge is 0.321 e. The summed E-state index contributed by atoms with van der Waals surface area (Å²) in [5, 5.41) is 3.62. The minimum atomic E-state index is -1.26. The Balaban J connectivity index is 1.45. The van der Waals surface area contributed by atoms with Crippen LogP contribution < -0.4 is 10.2 Å². The molecule has 0 bridgehead atoms. The van der Waals surface area contributed by atoms with Crippen LogP contribution in [0.5, 0.6) is 0 Å². The summed E-state index contributed by atoms with van der Waals surface area (Å²) in [6.07, 6.45) is 5.24. The van der Waals surface area contributed by atoms with Gasteiger partial charge in [0.25, 0.3) is 5.91 Å². The lowest BCUT2D eigenvalue weighted by Crippen LogP contribution is -2.32. The number of para-hydroxylation sites is 1. The van der Waals surface area contributed by atoms with Crippen LogP contribution >= 0.6 is 11.6 Å². The number of fused-ring (bicyclic) bond motifs is 3. The molecule has 0 saturated heterocycles. The lowest BCUT2D eigenvalue weighted by atomic mass is 9.97. The fourth-order valence-corrected chi connectivity index (χ4v) is 4.30. The van der Waals surface area contributed by atoms with Crippen LogP contribution in [0.3, 0.4) is 0 Å². The fraction of sp³-hybridized carbons (Fsp3) is 0.130. The number of hydrogen-bond donors (Lipinski definition) is 1. The Kier molecular flexibility index (Phi) is 5.32. The van der Waals surface area contributed by atoms with Crippen LogP contribution in [0.25, 0.3) is 11.6 Å². The Bertz CT molecular complexity index is 1320. The van der Waals surface area contributed by atoms with Gasteiger partial charge < -0.3 is 10.2 Å². The van der Waals surface area contributed by atoms with Crippen molar-refractivity contribution in [2.45, 2.75) is 5.16 Å². The van der Waals surface area contributed by atoms with Gasteiger partial charge >= 0.3 is 0 Å².